The van der Waals surface area contributed by atoms with Crippen molar-refractivity contribution in [1.29, 1.82) is 0 Å². The third-order valence-corrected chi connectivity index (χ3v) is 6.16. The lowest BCUT2D eigenvalue weighted by Crippen LogP contribution is -2.29. The smallest absolute Gasteiger partial charge is 0.258 e. The Kier molecular flexibility index (Phi) is 5.66. The van der Waals surface area contributed by atoms with Crippen LogP contribution in [-0.2, 0) is 4.79 Å². The largest absolute Gasteiger partial charge is 0.493 e. The summed E-state index contributed by atoms with van der Waals surface area (Å²) < 4.78 is 12.3. The van der Waals surface area contributed by atoms with Gasteiger partial charge in [0.15, 0.2) is 16.7 Å². The second kappa shape index (κ2) is 8.36. The molecule has 1 amide bonds. The summed E-state index contributed by atoms with van der Waals surface area (Å²) in [6.07, 6.45) is 3.95. The van der Waals surface area contributed by atoms with Gasteiger partial charge >= 0.3 is 0 Å². The van der Waals surface area contributed by atoms with Gasteiger partial charge in [-0.05, 0) is 37.5 Å². The second-order valence-corrected chi connectivity index (χ2v) is 8.18. The van der Waals surface area contributed by atoms with Crippen LogP contribution in [0.1, 0.15) is 50.3 Å². The van der Waals surface area contributed by atoms with Gasteiger partial charge in [-0.25, -0.2) is 0 Å². The Labute approximate surface area is 172 Å². The number of aromatic nitrogens is 2. The topological polar surface area (TPSA) is 103 Å². The number of benzene rings is 1. The van der Waals surface area contributed by atoms with Crippen molar-refractivity contribution >= 4 is 17.7 Å². The maximum atomic E-state index is 12.5. The molecular weight excluding hydrogens is 394 g/mol. The van der Waals surface area contributed by atoms with Gasteiger partial charge in [0.2, 0.25) is 18.6 Å². The van der Waals surface area contributed by atoms with Crippen molar-refractivity contribution in [2.24, 2.45) is 0 Å². The predicted molar refractivity (Wildman–Crippen MR) is 108 cm³/mol. The third kappa shape index (κ3) is 4.34. The van der Waals surface area contributed by atoms with E-state index in [1.165, 1.54) is 0 Å². The van der Waals surface area contributed by atoms with Gasteiger partial charge in [0, 0.05) is 6.04 Å². The first-order valence-corrected chi connectivity index (χ1v) is 10.6. The van der Waals surface area contributed by atoms with Crippen LogP contribution in [0.25, 0.3) is 0 Å². The van der Waals surface area contributed by atoms with Crippen LogP contribution >= 0.6 is 11.8 Å². The van der Waals surface area contributed by atoms with Crippen LogP contribution in [0.3, 0.4) is 0 Å². The summed E-state index contributed by atoms with van der Waals surface area (Å²) in [4.78, 5) is 28.9. The van der Waals surface area contributed by atoms with Crippen LogP contribution in [0.5, 0.6) is 17.4 Å². The summed E-state index contributed by atoms with van der Waals surface area (Å²) >= 11 is 1.16. The van der Waals surface area contributed by atoms with E-state index >= 15 is 0 Å². The molecule has 2 N–H and O–H groups in total. The van der Waals surface area contributed by atoms with Crippen LogP contribution in [0.2, 0.25) is 0 Å². The summed E-state index contributed by atoms with van der Waals surface area (Å²) in [7, 11) is 0. The quantitative estimate of drug-likeness (QED) is 0.550. The van der Waals surface area contributed by atoms with Crippen molar-refractivity contribution in [3.05, 3.63) is 40.2 Å². The highest BCUT2D eigenvalue weighted by Gasteiger charge is 2.23. The van der Waals surface area contributed by atoms with Crippen LogP contribution in [0.15, 0.2) is 34.2 Å². The molecular formula is C20H23N3O5S. The van der Waals surface area contributed by atoms with Crippen molar-refractivity contribution in [3.8, 4) is 17.4 Å². The first kappa shape index (κ1) is 19.6. The average molecular weight is 417 g/mol. The number of hydrogen-bond donors (Lipinski definition) is 2. The van der Waals surface area contributed by atoms with Crippen LogP contribution < -0.4 is 20.3 Å². The van der Waals surface area contributed by atoms with E-state index < -0.39 is 0 Å². The molecule has 1 aliphatic heterocycles. The number of amides is 1. The normalized spacial score (nSPS) is 16.7. The molecule has 2 aromatic rings. The van der Waals surface area contributed by atoms with E-state index in [9.17, 15) is 14.7 Å². The maximum Gasteiger partial charge on any atom is 0.258 e. The number of thioether (sulfide) groups is 1. The number of fused-ring (bicyclic) bond motifs is 1. The molecule has 0 bridgehead atoms. The van der Waals surface area contributed by atoms with E-state index in [4.69, 9.17) is 9.47 Å². The fraction of sp³-hybridized carbons (Fsp3) is 0.450. The summed E-state index contributed by atoms with van der Waals surface area (Å²) in [5.74, 6) is 0.958. The first-order valence-electron chi connectivity index (χ1n) is 9.65. The van der Waals surface area contributed by atoms with Crippen molar-refractivity contribution in [3.63, 3.8) is 0 Å². The molecule has 1 aromatic carbocycles. The van der Waals surface area contributed by atoms with Gasteiger partial charge in [-0.2, -0.15) is 4.98 Å². The lowest BCUT2D eigenvalue weighted by atomic mass is 10.1. The predicted octanol–water partition coefficient (Wildman–Crippen LogP) is 2.76. The molecule has 1 atom stereocenters. The zero-order valence-electron chi connectivity index (χ0n) is 16.1. The molecule has 9 heteroatoms. The van der Waals surface area contributed by atoms with E-state index in [-0.39, 0.29) is 42.0 Å². The van der Waals surface area contributed by atoms with Crippen LogP contribution in [0.4, 0.5) is 0 Å². The minimum absolute atomic E-state index is 0.0775. The highest BCUT2D eigenvalue weighted by atomic mass is 32.2. The van der Waals surface area contributed by atoms with E-state index in [2.05, 4.69) is 10.3 Å². The Bertz CT molecular complexity index is 971. The minimum Gasteiger partial charge on any atom is -0.493 e. The summed E-state index contributed by atoms with van der Waals surface area (Å²) in [6, 6.07) is 6.56. The Morgan fingerprint density at radius 1 is 1.31 bits per heavy atom. The molecule has 154 valence electrons. The van der Waals surface area contributed by atoms with Gasteiger partial charge in [0.25, 0.3) is 5.56 Å². The number of ether oxygens (including phenoxy) is 2. The fourth-order valence-corrected chi connectivity index (χ4v) is 4.62. The second-order valence-electron chi connectivity index (χ2n) is 7.23. The number of rotatable bonds is 6. The summed E-state index contributed by atoms with van der Waals surface area (Å²) in [5, 5.41) is 13.1. The summed E-state index contributed by atoms with van der Waals surface area (Å²) in [5.41, 5.74) is 0.631. The van der Waals surface area contributed by atoms with Crippen LogP contribution in [-0.4, -0.2) is 33.1 Å². The molecule has 2 heterocycles. The molecule has 0 spiro atoms. The number of nitrogens with zero attached hydrogens (tertiary/aromatic N) is 2. The van der Waals surface area contributed by atoms with E-state index in [0.29, 0.717) is 16.7 Å². The zero-order chi connectivity index (χ0) is 20.4. The average Bonchev–Trinajstić information content (AvgIpc) is 3.37. The third-order valence-electron chi connectivity index (χ3n) is 5.20. The van der Waals surface area contributed by atoms with E-state index in [1.807, 2.05) is 25.1 Å². The maximum absolute atomic E-state index is 12.5. The van der Waals surface area contributed by atoms with Crippen molar-refractivity contribution in [1.82, 2.24) is 14.9 Å². The number of carbonyl (C=O) groups excluding carboxylic acids is 1. The Morgan fingerprint density at radius 3 is 2.86 bits per heavy atom. The standard InChI is InChI=1S/C20H23N3O5S/c1-12(13-6-7-15-16(8-13)28-11-27-15)21-18(25)10-29-20-22-17(24)9-19(26)23(20)14-4-2-3-5-14/h6-9,12,14,24H,2-5,10-11H2,1H3,(H,21,25)/t12-/m1/s1. The van der Waals surface area contributed by atoms with Crippen molar-refractivity contribution in [2.75, 3.05) is 12.5 Å². The van der Waals surface area contributed by atoms with Gasteiger partial charge in [-0.1, -0.05) is 30.7 Å². The monoisotopic (exact) mass is 417 g/mol. The molecule has 8 nitrogen and oxygen atoms in total. The molecule has 29 heavy (non-hydrogen) atoms. The van der Waals surface area contributed by atoms with Gasteiger partial charge in [0.05, 0.1) is 17.9 Å². The highest BCUT2D eigenvalue weighted by Crippen LogP contribution is 2.34. The molecule has 1 fully saturated rings. The molecule has 1 aliphatic carbocycles. The minimum atomic E-state index is -0.319. The summed E-state index contributed by atoms with van der Waals surface area (Å²) in [6.45, 7) is 2.09. The highest BCUT2D eigenvalue weighted by molar-refractivity contribution is 7.99. The van der Waals surface area contributed by atoms with Crippen molar-refractivity contribution < 1.29 is 19.4 Å². The number of carbonyl (C=O) groups is 1. The molecule has 1 saturated carbocycles. The zero-order valence-corrected chi connectivity index (χ0v) is 16.9. The lowest BCUT2D eigenvalue weighted by molar-refractivity contribution is -0.119. The number of nitrogens with one attached hydrogen (secondary N) is 1. The molecule has 4 rings (SSSR count). The molecule has 0 radical (unpaired) electrons. The van der Waals surface area contributed by atoms with E-state index in [1.54, 1.807) is 4.57 Å². The van der Waals surface area contributed by atoms with Crippen molar-refractivity contribution in [2.45, 2.75) is 49.8 Å². The SMILES string of the molecule is C[C@@H](NC(=O)CSc1nc(O)cc(=O)n1C1CCCC1)c1ccc2c(c1)OCO2. The van der Waals surface area contributed by atoms with Gasteiger partial charge in [-0.15, -0.1) is 0 Å². The molecule has 1 aromatic heterocycles. The molecule has 0 saturated heterocycles. The molecule has 0 unspecified atom stereocenters. The molecule has 2 aliphatic rings. The van der Waals surface area contributed by atoms with Gasteiger partial charge < -0.3 is 19.9 Å². The van der Waals surface area contributed by atoms with E-state index in [0.717, 1.165) is 49.1 Å². The van der Waals surface area contributed by atoms with Gasteiger partial charge in [0.1, 0.15) is 0 Å². The number of hydrogen-bond acceptors (Lipinski definition) is 7. The Morgan fingerprint density at radius 2 is 2.07 bits per heavy atom. The Balaban J connectivity index is 1.41. The number of aromatic hydroxyl groups is 1. The van der Waals surface area contributed by atoms with Gasteiger partial charge in [-0.3, -0.25) is 14.2 Å². The first-order chi connectivity index (χ1) is 14.0. The fourth-order valence-electron chi connectivity index (χ4n) is 3.74. The lowest BCUT2D eigenvalue weighted by Gasteiger charge is -2.18. The Hall–Kier alpha value is -2.68. The van der Waals surface area contributed by atoms with Crippen LogP contribution in [0, 0.1) is 0 Å².